The molecule has 1 heterocycles. The smallest absolute Gasteiger partial charge is 0.123 e. The van der Waals surface area contributed by atoms with Crippen molar-refractivity contribution in [3.8, 4) is 0 Å². The highest BCUT2D eigenvalue weighted by Gasteiger charge is 2.24. The third-order valence-electron chi connectivity index (χ3n) is 2.45. The van der Waals surface area contributed by atoms with Gasteiger partial charge in [-0.2, -0.15) is 0 Å². The van der Waals surface area contributed by atoms with Gasteiger partial charge in [-0.05, 0) is 30.5 Å². The van der Waals surface area contributed by atoms with Gasteiger partial charge in [-0.25, -0.2) is 4.39 Å². The van der Waals surface area contributed by atoms with Gasteiger partial charge in [0.1, 0.15) is 5.82 Å². The Bertz CT molecular complexity index is 299. The van der Waals surface area contributed by atoms with Crippen LogP contribution in [0.25, 0.3) is 0 Å². The number of hydrogen-bond acceptors (Lipinski definition) is 1. The summed E-state index contributed by atoms with van der Waals surface area (Å²) in [6.07, 6.45) is 2.28. The van der Waals surface area contributed by atoms with Crippen molar-refractivity contribution in [3.05, 3.63) is 35.6 Å². The van der Waals surface area contributed by atoms with Gasteiger partial charge in [0, 0.05) is 11.4 Å². The highest BCUT2D eigenvalue weighted by Crippen LogP contribution is 2.33. The first-order valence-corrected chi connectivity index (χ1v) is 5.70. The van der Waals surface area contributed by atoms with E-state index < -0.39 is 0 Å². The Morgan fingerprint density at radius 1 is 1.29 bits per heavy atom. The minimum atomic E-state index is -0.198. The summed E-state index contributed by atoms with van der Waals surface area (Å²) >= 11 is 3.59. The van der Waals surface area contributed by atoms with Gasteiger partial charge in [-0.1, -0.05) is 28.1 Å². The van der Waals surface area contributed by atoms with Gasteiger partial charge < -0.3 is 4.74 Å². The fourth-order valence-electron chi connectivity index (χ4n) is 1.70. The van der Waals surface area contributed by atoms with Crippen LogP contribution in [0.3, 0.4) is 0 Å². The van der Waals surface area contributed by atoms with Gasteiger partial charge >= 0.3 is 0 Å². The molecule has 0 aliphatic carbocycles. The van der Waals surface area contributed by atoms with Gasteiger partial charge in [-0.15, -0.1) is 0 Å². The van der Waals surface area contributed by atoms with Crippen LogP contribution < -0.4 is 0 Å². The molecule has 1 aliphatic rings. The van der Waals surface area contributed by atoms with Crippen LogP contribution in [-0.2, 0) is 4.74 Å². The van der Waals surface area contributed by atoms with Crippen LogP contribution in [0.5, 0.6) is 0 Å². The van der Waals surface area contributed by atoms with E-state index in [-0.39, 0.29) is 11.9 Å². The number of benzene rings is 1. The lowest BCUT2D eigenvalue weighted by molar-refractivity contribution is 0.0217. The molecule has 1 aromatic rings. The first-order chi connectivity index (χ1) is 6.77. The van der Waals surface area contributed by atoms with Gasteiger partial charge in [0.25, 0.3) is 0 Å². The first kappa shape index (κ1) is 10.1. The predicted molar refractivity (Wildman–Crippen MR) is 57.0 cm³/mol. The fraction of sp³-hybridized carbons (Fsp3) is 0.455. The van der Waals surface area contributed by atoms with Crippen LogP contribution in [0.2, 0.25) is 0 Å². The van der Waals surface area contributed by atoms with E-state index in [9.17, 15) is 4.39 Å². The Labute approximate surface area is 91.4 Å². The molecule has 1 aliphatic heterocycles. The second-order valence-corrected chi connectivity index (χ2v) is 4.68. The molecule has 1 aromatic carbocycles. The number of halogens is 2. The van der Waals surface area contributed by atoms with Crippen molar-refractivity contribution in [1.82, 2.24) is 0 Å². The van der Waals surface area contributed by atoms with Crippen molar-refractivity contribution in [3.63, 3.8) is 0 Å². The van der Waals surface area contributed by atoms with E-state index in [1.807, 2.05) is 0 Å². The molecule has 1 saturated heterocycles. The first-order valence-electron chi connectivity index (χ1n) is 4.78. The molecule has 76 valence electrons. The Hall–Kier alpha value is -0.410. The molecular weight excluding hydrogens is 247 g/mol. The zero-order valence-electron chi connectivity index (χ0n) is 7.75. The lowest BCUT2D eigenvalue weighted by Gasteiger charge is -2.28. The molecule has 3 heteroatoms. The topological polar surface area (TPSA) is 9.23 Å². The van der Waals surface area contributed by atoms with Crippen molar-refractivity contribution in [2.75, 3.05) is 6.61 Å². The Morgan fingerprint density at radius 2 is 2.00 bits per heavy atom. The summed E-state index contributed by atoms with van der Waals surface area (Å²) in [5, 5.41) is 0. The number of hydrogen-bond donors (Lipinski definition) is 0. The van der Waals surface area contributed by atoms with Gasteiger partial charge in [0.2, 0.25) is 0 Å². The van der Waals surface area contributed by atoms with Gasteiger partial charge in [0.15, 0.2) is 0 Å². The second kappa shape index (κ2) is 4.41. The van der Waals surface area contributed by atoms with Gasteiger partial charge in [0.05, 0.1) is 6.10 Å². The highest BCUT2D eigenvalue weighted by molar-refractivity contribution is 9.09. The minimum absolute atomic E-state index is 0.0735. The van der Waals surface area contributed by atoms with Crippen molar-refractivity contribution in [2.45, 2.75) is 23.8 Å². The zero-order valence-corrected chi connectivity index (χ0v) is 9.34. The van der Waals surface area contributed by atoms with Crippen LogP contribution in [0, 0.1) is 5.82 Å². The van der Waals surface area contributed by atoms with E-state index in [0.29, 0.717) is 4.83 Å². The van der Waals surface area contributed by atoms with E-state index in [2.05, 4.69) is 15.9 Å². The third-order valence-corrected chi connectivity index (χ3v) is 3.39. The minimum Gasteiger partial charge on any atom is -0.372 e. The predicted octanol–water partition coefficient (Wildman–Crippen LogP) is 3.44. The van der Waals surface area contributed by atoms with Crippen LogP contribution in [0.1, 0.15) is 24.5 Å². The summed E-state index contributed by atoms with van der Waals surface area (Å²) in [7, 11) is 0. The number of alkyl halides is 1. The second-order valence-electron chi connectivity index (χ2n) is 3.50. The average Bonchev–Trinajstić information content (AvgIpc) is 2.20. The Balaban J connectivity index is 2.16. The molecule has 1 nitrogen and oxygen atoms in total. The zero-order chi connectivity index (χ0) is 9.97. The van der Waals surface area contributed by atoms with Crippen LogP contribution in [0.4, 0.5) is 4.39 Å². The normalized spacial score (nSPS) is 27.6. The van der Waals surface area contributed by atoms with E-state index >= 15 is 0 Å². The van der Waals surface area contributed by atoms with Crippen molar-refractivity contribution < 1.29 is 9.13 Å². The lowest BCUT2D eigenvalue weighted by atomic mass is 10.0. The summed E-state index contributed by atoms with van der Waals surface area (Å²) in [5.74, 6) is -0.198. The van der Waals surface area contributed by atoms with Crippen LogP contribution in [0.15, 0.2) is 24.3 Å². The summed E-state index contributed by atoms with van der Waals surface area (Å²) in [5.41, 5.74) is 1.05. The largest absolute Gasteiger partial charge is 0.372 e. The quantitative estimate of drug-likeness (QED) is 0.702. The van der Waals surface area contributed by atoms with E-state index in [1.54, 1.807) is 12.1 Å². The van der Waals surface area contributed by atoms with E-state index in [4.69, 9.17) is 4.74 Å². The maximum atomic E-state index is 12.7. The molecule has 2 atom stereocenters. The van der Waals surface area contributed by atoms with Crippen LogP contribution in [-0.4, -0.2) is 11.4 Å². The molecule has 0 unspecified atom stereocenters. The van der Waals surface area contributed by atoms with Crippen molar-refractivity contribution >= 4 is 15.9 Å². The molecule has 0 amide bonds. The molecule has 14 heavy (non-hydrogen) atoms. The molecule has 0 spiro atoms. The Morgan fingerprint density at radius 3 is 2.64 bits per heavy atom. The summed E-state index contributed by atoms with van der Waals surface area (Å²) < 4.78 is 18.3. The summed E-state index contributed by atoms with van der Waals surface area (Å²) in [6.45, 7) is 0.796. The van der Waals surface area contributed by atoms with Crippen LogP contribution >= 0.6 is 15.9 Å². The van der Waals surface area contributed by atoms with Crippen molar-refractivity contribution in [2.24, 2.45) is 0 Å². The van der Waals surface area contributed by atoms with E-state index in [1.165, 1.54) is 12.1 Å². The maximum Gasteiger partial charge on any atom is 0.123 e. The molecule has 0 radical (unpaired) electrons. The maximum absolute atomic E-state index is 12.7. The molecule has 0 aromatic heterocycles. The standard InChI is InChI=1S/C11H12BrFO/c12-10-2-1-7-14-11(10)8-3-5-9(13)6-4-8/h3-6,10-11H,1-2,7H2/t10-,11+/m0/s1. The highest BCUT2D eigenvalue weighted by atomic mass is 79.9. The van der Waals surface area contributed by atoms with Gasteiger partial charge in [-0.3, -0.25) is 0 Å². The molecule has 0 bridgehead atoms. The molecule has 2 rings (SSSR count). The summed E-state index contributed by atoms with van der Waals surface area (Å²) in [4.78, 5) is 0.349. The SMILES string of the molecule is Fc1ccc([C@H]2OCCC[C@@H]2Br)cc1. The molecular formula is C11H12BrFO. The number of ether oxygens (including phenoxy) is 1. The molecule has 1 fully saturated rings. The third kappa shape index (κ3) is 2.15. The van der Waals surface area contributed by atoms with Crippen molar-refractivity contribution in [1.29, 1.82) is 0 Å². The monoisotopic (exact) mass is 258 g/mol. The lowest BCUT2D eigenvalue weighted by Crippen LogP contribution is -2.22. The number of rotatable bonds is 1. The summed E-state index contributed by atoms with van der Waals surface area (Å²) in [6, 6.07) is 6.54. The van der Waals surface area contributed by atoms with E-state index in [0.717, 1.165) is 25.0 Å². The fourth-order valence-corrected chi connectivity index (χ4v) is 2.48. The molecule has 0 saturated carbocycles. The Kier molecular flexibility index (Phi) is 3.19. The average molecular weight is 259 g/mol. The molecule has 0 N–H and O–H groups in total.